The van der Waals surface area contributed by atoms with Gasteiger partial charge in [0.05, 0.1) is 11.0 Å². The van der Waals surface area contributed by atoms with Crippen molar-refractivity contribution < 1.29 is 9.31 Å². The fourth-order valence-corrected chi connectivity index (χ4v) is 2.27. The molecule has 1 aromatic rings. The molecule has 1 saturated carbocycles. The van der Waals surface area contributed by atoms with Crippen LogP contribution in [0.2, 0.25) is 0 Å². The van der Waals surface area contributed by atoms with E-state index in [9.17, 15) is 14.5 Å². The highest BCUT2D eigenvalue weighted by atomic mass is 19.1. The fraction of sp³-hybridized carbons (Fsp3) is 0.500. The first-order chi connectivity index (χ1) is 8.16. The van der Waals surface area contributed by atoms with Crippen LogP contribution in [0.5, 0.6) is 0 Å². The summed E-state index contributed by atoms with van der Waals surface area (Å²) >= 11 is 0. The van der Waals surface area contributed by atoms with Crippen molar-refractivity contribution in [3.05, 3.63) is 34.1 Å². The Morgan fingerprint density at radius 2 is 2.12 bits per heavy atom. The van der Waals surface area contributed by atoms with E-state index in [0.717, 1.165) is 12.6 Å². The smallest absolute Gasteiger partial charge is 0.295 e. The van der Waals surface area contributed by atoms with Crippen LogP contribution in [0.1, 0.15) is 25.7 Å². The topological polar surface area (TPSA) is 55.2 Å². The molecule has 0 spiro atoms. The van der Waals surface area contributed by atoms with Crippen molar-refractivity contribution in [3.63, 3.8) is 0 Å². The molecular formula is C12H15FN2O2. The zero-order chi connectivity index (χ0) is 12.3. The fourth-order valence-electron chi connectivity index (χ4n) is 2.27. The Morgan fingerprint density at radius 1 is 1.41 bits per heavy atom. The molecule has 1 aromatic carbocycles. The van der Waals surface area contributed by atoms with Crippen molar-refractivity contribution in [3.8, 4) is 0 Å². The van der Waals surface area contributed by atoms with Gasteiger partial charge in [-0.15, -0.1) is 0 Å². The van der Waals surface area contributed by atoms with E-state index in [2.05, 4.69) is 5.32 Å². The number of benzene rings is 1. The van der Waals surface area contributed by atoms with E-state index in [1.165, 1.54) is 37.8 Å². The van der Waals surface area contributed by atoms with E-state index in [-0.39, 0.29) is 5.69 Å². The molecule has 1 aliphatic rings. The number of nitro benzene ring substituents is 1. The van der Waals surface area contributed by atoms with Crippen LogP contribution >= 0.6 is 0 Å². The third kappa shape index (κ3) is 2.93. The van der Waals surface area contributed by atoms with Gasteiger partial charge in [0, 0.05) is 6.54 Å². The Balaban J connectivity index is 2.06. The molecule has 4 nitrogen and oxygen atoms in total. The van der Waals surface area contributed by atoms with Gasteiger partial charge in [0.25, 0.3) is 5.69 Å². The van der Waals surface area contributed by atoms with E-state index in [4.69, 9.17) is 0 Å². The Morgan fingerprint density at radius 3 is 2.76 bits per heavy atom. The third-order valence-corrected chi connectivity index (χ3v) is 3.21. The lowest BCUT2D eigenvalue weighted by molar-refractivity contribution is -0.384. The van der Waals surface area contributed by atoms with Gasteiger partial charge in [-0.3, -0.25) is 10.1 Å². The number of hydrogen-bond donors (Lipinski definition) is 1. The van der Waals surface area contributed by atoms with Gasteiger partial charge < -0.3 is 5.32 Å². The SMILES string of the molecule is O=[N+]([O-])c1cc(F)ccc1NCC1CCCC1. The minimum atomic E-state index is -0.580. The van der Waals surface area contributed by atoms with Crippen LogP contribution in [0, 0.1) is 21.8 Å². The van der Waals surface area contributed by atoms with Crippen LogP contribution < -0.4 is 5.32 Å². The number of nitrogens with zero attached hydrogens (tertiary/aromatic N) is 1. The van der Waals surface area contributed by atoms with Crippen molar-refractivity contribution in [2.75, 3.05) is 11.9 Å². The molecule has 0 saturated heterocycles. The van der Waals surface area contributed by atoms with Crippen LogP contribution in [-0.2, 0) is 0 Å². The van der Waals surface area contributed by atoms with Crippen molar-refractivity contribution >= 4 is 11.4 Å². The maximum Gasteiger partial charge on any atom is 0.295 e. The van der Waals surface area contributed by atoms with Gasteiger partial charge in [-0.05, 0) is 30.9 Å². The minimum Gasteiger partial charge on any atom is -0.379 e. The molecule has 92 valence electrons. The van der Waals surface area contributed by atoms with E-state index in [1.54, 1.807) is 0 Å². The first kappa shape index (κ1) is 11.8. The zero-order valence-corrected chi connectivity index (χ0v) is 9.49. The first-order valence-electron chi connectivity index (χ1n) is 5.84. The van der Waals surface area contributed by atoms with E-state index >= 15 is 0 Å². The lowest BCUT2D eigenvalue weighted by Gasteiger charge is -2.11. The van der Waals surface area contributed by atoms with E-state index in [1.807, 2.05) is 0 Å². The molecule has 1 aliphatic carbocycles. The van der Waals surface area contributed by atoms with Crippen LogP contribution in [0.3, 0.4) is 0 Å². The highest BCUT2D eigenvalue weighted by Crippen LogP contribution is 2.28. The molecule has 0 amide bonds. The van der Waals surface area contributed by atoms with Gasteiger partial charge in [0.2, 0.25) is 0 Å². The molecule has 1 N–H and O–H groups in total. The molecule has 0 aliphatic heterocycles. The minimum absolute atomic E-state index is 0.192. The summed E-state index contributed by atoms with van der Waals surface area (Å²) in [6.45, 7) is 0.729. The van der Waals surface area contributed by atoms with Crippen LogP contribution in [-0.4, -0.2) is 11.5 Å². The van der Waals surface area contributed by atoms with Gasteiger partial charge in [0.1, 0.15) is 11.5 Å². The number of halogens is 1. The second-order valence-corrected chi connectivity index (χ2v) is 4.45. The number of nitrogens with one attached hydrogen (secondary N) is 1. The summed E-state index contributed by atoms with van der Waals surface area (Å²) in [4.78, 5) is 10.2. The highest BCUT2D eigenvalue weighted by molar-refractivity contribution is 5.61. The molecule has 2 rings (SSSR count). The summed E-state index contributed by atoms with van der Waals surface area (Å²) in [5.74, 6) is 0.00257. The number of rotatable bonds is 4. The number of hydrogen-bond acceptors (Lipinski definition) is 3. The molecule has 0 atom stereocenters. The Hall–Kier alpha value is -1.65. The van der Waals surface area contributed by atoms with Gasteiger partial charge in [-0.2, -0.15) is 0 Å². The summed E-state index contributed by atoms with van der Waals surface area (Å²) in [6, 6.07) is 3.63. The van der Waals surface area contributed by atoms with Gasteiger partial charge in [-0.25, -0.2) is 4.39 Å². The summed E-state index contributed by atoms with van der Waals surface area (Å²) in [5, 5.41) is 13.8. The van der Waals surface area contributed by atoms with E-state index in [0.29, 0.717) is 11.6 Å². The largest absolute Gasteiger partial charge is 0.379 e. The summed E-state index contributed by atoms with van der Waals surface area (Å²) in [5.41, 5.74) is 0.214. The Kier molecular flexibility index (Phi) is 3.56. The monoisotopic (exact) mass is 238 g/mol. The lowest BCUT2D eigenvalue weighted by Crippen LogP contribution is -2.12. The van der Waals surface area contributed by atoms with Crippen molar-refractivity contribution in [2.24, 2.45) is 5.92 Å². The Labute approximate surface area is 99.0 Å². The standard InChI is InChI=1S/C12H15FN2O2/c13-10-5-6-11(12(7-10)15(16)17)14-8-9-3-1-2-4-9/h5-7,9,14H,1-4,8H2. The first-order valence-corrected chi connectivity index (χ1v) is 5.84. The van der Waals surface area contributed by atoms with Crippen molar-refractivity contribution in [1.82, 2.24) is 0 Å². The average Bonchev–Trinajstić information content (AvgIpc) is 2.80. The summed E-state index contributed by atoms with van der Waals surface area (Å²) in [6.07, 6.45) is 4.81. The quantitative estimate of drug-likeness (QED) is 0.646. The highest BCUT2D eigenvalue weighted by Gasteiger charge is 2.18. The third-order valence-electron chi connectivity index (χ3n) is 3.21. The molecular weight excluding hydrogens is 223 g/mol. The molecule has 0 radical (unpaired) electrons. The molecule has 0 heterocycles. The molecule has 1 fully saturated rings. The zero-order valence-electron chi connectivity index (χ0n) is 9.49. The van der Waals surface area contributed by atoms with Crippen molar-refractivity contribution in [1.29, 1.82) is 0 Å². The van der Waals surface area contributed by atoms with Crippen LogP contribution in [0.25, 0.3) is 0 Å². The van der Waals surface area contributed by atoms with Crippen LogP contribution in [0.4, 0.5) is 15.8 Å². The van der Waals surface area contributed by atoms with Gasteiger partial charge in [0.15, 0.2) is 0 Å². The van der Waals surface area contributed by atoms with Gasteiger partial charge in [-0.1, -0.05) is 12.8 Å². The summed E-state index contributed by atoms with van der Waals surface area (Å²) < 4.78 is 12.9. The molecule has 0 aromatic heterocycles. The van der Waals surface area contributed by atoms with Crippen LogP contribution in [0.15, 0.2) is 18.2 Å². The normalized spacial score (nSPS) is 16.1. The Bertz CT molecular complexity index is 417. The van der Waals surface area contributed by atoms with Crippen molar-refractivity contribution in [2.45, 2.75) is 25.7 Å². The maximum absolute atomic E-state index is 12.9. The molecule has 0 unspecified atom stereocenters. The predicted octanol–water partition coefficient (Wildman–Crippen LogP) is 3.34. The number of nitro groups is 1. The predicted molar refractivity (Wildman–Crippen MR) is 63.5 cm³/mol. The van der Waals surface area contributed by atoms with E-state index < -0.39 is 10.7 Å². The average molecular weight is 238 g/mol. The molecule has 5 heteroatoms. The molecule has 0 bridgehead atoms. The second kappa shape index (κ2) is 5.12. The maximum atomic E-state index is 12.9. The second-order valence-electron chi connectivity index (χ2n) is 4.45. The van der Waals surface area contributed by atoms with Gasteiger partial charge >= 0.3 is 0 Å². The number of anilines is 1. The summed E-state index contributed by atoms with van der Waals surface area (Å²) in [7, 11) is 0. The lowest BCUT2D eigenvalue weighted by atomic mass is 10.1. The molecule has 17 heavy (non-hydrogen) atoms.